The smallest absolute Gasteiger partial charge is 0.295 e. The zero-order valence-electron chi connectivity index (χ0n) is 17.1. The topological polar surface area (TPSA) is 66.8 Å². The second-order valence-electron chi connectivity index (χ2n) is 7.81. The van der Waals surface area contributed by atoms with Gasteiger partial charge in [-0.15, -0.1) is 0 Å². The largest absolute Gasteiger partial charge is 0.507 e. The minimum Gasteiger partial charge on any atom is -0.507 e. The number of Topliss-reactive ketones (excluding diaryl/α,β-unsaturated/α-hetero) is 1. The van der Waals surface area contributed by atoms with E-state index in [9.17, 15) is 14.7 Å². The third kappa shape index (κ3) is 4.22. The highest BCUT2D eigenvalue weighted by atomic mass is 35.5. The molecule has 1 N–H and O–H groups in total. The molecule has 0 aromatic heterocycles. The molecule has 0 bridgehead atoms. The van der Waals surface area contributed by atoms with Crippen LogP contribution >= 0.6 is 23.2 Å². The van der Waals surface area contributed by atoms with Gasteiger partial charge in [-0.05, 0) is 48.6 Å². The van der Waals surface area contributed by atoms with E-state index in [0.29, 0.717) is 23.7 Å². The Morgan fingerprint density at radius 2 is 1.87 bits per heavy atom. The molecule has 162 valence electrons. The Labute approximate surface area is 191 Å². The predicted molar refractivity (Wildman–Crippen MR) is 120 cm³/mol. The Morgan fingerprint density at radius 1 is 1.13 bits per heavy atom. The summed E-state index contributed by atoms with van der Waals surface area (Å²) in [5.41, 5.74) is 2.28. The zero-order chi connectivity index (χ0) is 22.1. The second-order valence-corrected chi connectivity index (χ2v) is 8.62. The summed E-state index contributed by atoms with van der Waals surface area (Å²) < 4.78 is 5.71. The lowest BCUT2D eigenvalue weighted by molar-refractivity contribution is -0.140. The van der Waals surface area contributed by atoms with Crippen LogP contribution in [0, 0.1) is 0 Å². The van der Waals surface area contributed by atoms with Gasteiger partial charge >= 0.3 is 0 Å². The van der Waals surface area contributed by atoms with Crippen molar-refractivity contribution in [2.45, 2.75) is 38.3 Å². The molecule has 2 unspecified atom stereocenters. The number of amides is 1. The molecule has 7 heteroatoms. The maximum Gasteiger partial charge on any atom is 0.295 e. The van der Waals surface area contributed by atoms with Crippen molar-refractivity contribution in [3.05, 3.63) is 74.8 Å². The van der Waals surface area contributed by atoms with Gasteiger partial charge in [-0.2, -0.15) is 0 Å². The Balaban J connectivity index is 1.82. The number of carbonyl (C=O) groups excluding carboxylic acids is 2. The average molecular weight is 460 g/mol. The van der Waals surface area contributed by atoms with E-state index in [0.717, 1.165) is 30.4 Å². The summed E-state index contributed by atoms with van der Waals surface area (Å²) in [7, 11) is 0. The van der Waals surface area contributed by atoms with Crippen molar-refractivity contribution in [1.82, 2.24) is 4.90 Å². The lowest BCUT2D eigenvalue weighted by Crippen LogP contribution is -2.36. The molecule has 1 amide bonds. The molecule has 2 aromatic carbocycles. The fourth-order valence-corrected chi connectivity index (χ4v) is 4.46. The standard InChI is InChI=1S/C24H23Cl2NO4/c1-2-14-5-7-15(8-6-14)21-20(22(28)16-9-10-18(25)19(26)12-16)23(29)24(30)27(21)13-17-4-3-11-31-17/h5-10,12,17,21,28H,2-4,11,13H2,1H3/b22-20-. The maximum atomic E-state index is 13.1. The van der Waals surface area contributed by atoms with Gasteiger partial charge in [-0.3, -0.25) is 9.59 Å². The van der Waals surface area contributed by atoms with E-state index in [1.165, 1.54) is 11.0 Å². The highest BCUT2D eigenvalue weighted by Crippen LogP contribution is 2.40. The van der Waals surface area contributed by atoms with Crippen molar-refractivity contribution in [1.29, 1.82) is 0 Å². The molecule has 2 fully saturated rings. The van der Waals surface area contributed by atoms with E-state index in [4.69, 9.17) is 27.9 Å². The fourth-order valence-electron chi connectivity index (χ4n) is 4.16. The second kappa shape index (κ2) is 9.03. The Hall–Kier alpha value is -2.34. The van der Waals surface area contributed by atoms with Gasteiger partial charge < -0.3 is 14.7 Å². The minimum atomic E-state index is -0.717. The molecule has 2 aliphatic heterocycles. The molecular weight excluding hydrogens is 437 g/mol. The zero-order valence-corrected chi connectivity index (χ0v) is 18.6. The number of likely N-dealkylation sites (tertiary alicyclic amines) is 1. The summed E-state index contributed by atoms with van der Waals surface area (Å²) >= 11 is 12.1. The van der Waals surface area contributed by atoms with Crippen LogP contribution in [0.4, 0.5) is 0 Å². The molecule has 2 atom stereocenters. The SMILES string of the molecule is CCc1ccc(C2/C(=C(/O)c3ccc(Cl)c(Cl)c3)C(=O)C(=O)N2CC2CCCO2)cc1. The van der Waals surface area contributed by atoms with Gasteiger partial charge in [-0.25, -0.2) is 0 Å². The molecule has 5 nitrogen and oxygen atoms in total. The number of aliphatic hydroxyl groups excluding tert-OH is 1. The normalized spacial score (nSPS) is 23.0. The van der Waals surface area contributed by atoms with Crippen LogP contribution in [0.3, 0.4) is 0 Å². The van der Waals surface area contributed by atoms with Gasteiger partial charge in [0, 0.05) is 18.7 Å². The Morgan fingerprint density at radius 3 is 2.48 bits per heavy atom. The summed E-state index contributed by atoms with van der Waals surface area (Å²) in [6.45, 7) is 3.00. The lowest BCUT2D eigenvalue weighted by Gasteiger charge is -2.27. The number of ether oxygens (including phenoxy) is 1. The molecule has 0 spiro atoms. The minimum absolute atomic E-state index is 0.0469. The van der Waals surface area contributed by atoms with Crippen molar-refractivity contribution in [2.24, 2.45) is 0 Å². The first-order valence-electron chi connectivity index (χ1n) is 10.3. The highest BCUT2D eigenvalue weighted by Gasteiger charge is 2.47. The number of hydrogen-bond acceptors (Lipinski definition) is 4. The van der Waals surface area contributed by atoms with Crippen LogP contribution in [-0.2, 0) is 20.7 Å². The number of aryl methyl sites for hydroxylation is 1. The molecule has 2 heterocycles. The summed E-state index contributed by atoms with van der Waals surface area (Å²) in [4.78, 5) is 27.6. The van der Waals surface area contributed by atoms with Crippen molar-refractivity contribution in [3.8, 4) is 0 Å². The predicted octanol–water partition coefficient (Wildman–Crippen LogP) is 5.16. The Kier molecular flexibility index (Phi) is 6.37. The van der Waals surface area contributed by atoms with Crippen LogP contribution in [0.15, 0.2) is 48.0 Å². The van der Waals surface area contributed by atoms with Gasteiger partial charge in [0.15, 0.2) is 0 Å². The van der Waals surface area contributed by atoms with E-state index >= 15 is 0 Å². The first-order chi connectivity index (χ1) is 14.9. The number of rotatable bonds is 5. The average Bonchev–Trinajstić information content (AvgIpc) is 3.38. The molecule has 2 saturated heterocycles. The van der Waals surface area contributed by atoms with Crippen molar-refractivity contribution >= 4 is 40.7 Å². The van der Waals surface area contributed by atoms with Crippen LogP contribution in [0.1, 0.15) is 42.5 Å². The molecule has 31 heavy (non-hydrogen) atoms. The number of halogens is 2. The third-order valence-corrected chi connectivity index (χ3v) is 6.60. The fraction of sp³-hybridized carbons (Fsp3) is 0.333. The molecule has 0 aliphatic carbocycles. The van der Waals surface area contributed by atoms with E-state index in [1.807, 2.05) is 24.3 Å². The molecule has 2 aliphatic rings. The van der Waals surface area contributed by atoms with E-state index in [-0.39, 0.29) is 22.5 Å². The van der Waals surface area contributed by atoms with Crippen LogP contribution in [0.5, 0.6) is 0 Å². The highest BCUT2D eigenvalue weighted by molar-refractivity contribution is 6.46. The van der Waals surface area contributed by atoms with Crippen molar-refractivity contribution in [2.75, 3.05) is 13.2 Å². The third-order valence-electron chi connectivity index (χ3n) is 5.86. The number of benzene rings is 2. The molecule has 0 saturated carbocycles. The molecular formula is C24H23Cl2NO4. The molecule has 4 rings (SSSR count). The summed E-state index contributed by atoms with van der Waals surface area (Å²) in [5, 5.41) is 11.7. The quantitative estimate of drug-likeness (QED) is 0.381. The number of carbonyl (C=O) groups is 2. The Bertz CT molecular complexity index is 1040. The maximum absolute atomic E-state index is 13.1. The van der Waals surface area contributed by atoms with E-state index in [1.54, 1.807) is 12.1 Å². The monoisotopic (exact) mass is 459 g/mol. The van der Waals surface area contributed by atoms with E-state index in [2.05, 4.69) is 6.92 Å². The first-order valence-corrected chi connectivity index (χ1v) is 11.1. The number of ketones is 1. The van der Waals surface area contributed by atoms with Gasteiger partial charge in [0.1, 0.15) is 5.76 Å². The van der Waals surface area contributed by atoms with E-state index < -0.39 is 17.7 Å². The molecule has 0 radical (unpaired) electrons. The summed E-state index contributed by atoms with van der Waals surface area (Å²) in [5.74, 6) is -1.62. The van der Waals surface area contributed by atoms with Gasteiger partial charge in [0.2, 0.25) is 0 Å². The van der Waals surface area contributed by atoms with Gasteiger partial charge in [0.05, 0.1) is 27.8 Å². The summed E-state index contributed by atoms with van der Waals surface area (Å²) in [6.07, 6.45) is 2.51. The van der Waals surface area contributed by atoms with Crippen LogP contribution < -0.4 is 0 Å². The number of hydrogen-bond donors (Lipinski definition) is 1. The van der Waals surface area contributed by atoms with Crippen molar-refractivity contribution < 1.29 is 19.4 Å². The van der Waals surface area contributed by atoms with Crippen LogP contribution in [-0.4, -0.2) is 41.0 Å². The van der Waals surface area contributed by atoms with Gasteiger partial charge in [-0.1, -0.05) is 54.4 Å². The van der Waals surface area contributed by atoms with Crippen LogP contribution in [0.2, 0.25) is 10.0 Å². The van der Waals surface area contributed by atoms with Crippen molar-refractivity contribution in [3.63, 3.8) is 0 Å². The van der Waals surface area contributed by atoms with Gasteiger partial charge in [0.25, 0.3) is 11.7 Å². The number of aliphatic hydroxyl groups is 1. The first kappa shape index (κ1) is 21.9. The number of nitrogens with zero attached hydrogens (tertiary/aromatic N) is 1. The molecule has 2 aromatic rings. The summed E-state index contributed by atoms with van der Waals surface area (Å²) in [6, 6.07) is 11.7. The lowest BCUT2D eigenvalue weighted by atomic mass is 9.94. The van der Waals surface area contributed by atoms with Crippen LogP contribution in [0.25, 0.3) is 5.76 Å².